The van der Waals surface area contributed by atoms with Gasteiger partial charge in [0.1, 0.15) is 0 Å². The van der Waals surface area contributed by atoms with Gasteiger partial charge in [-0.25, -0.2) is 4.98 Å². The van der Waals surface area contributed by atoms with Crippen LogP contribution in [0.2, 0.25) is 0 Å². The van der Waals surface area contributed by atoms with Gasteiger partial charge in [0.15, 0.2) is 5.16 Å². The molecule has 112 valence electrons. The van der Waals surface area contributed by atoms with Crippen LogP contribution in [0.25, 0.3) is 11.0 Å². The lowest BCUT2D eigenvalue weighted by molar-refractivity contribution is -0.133. The Morgan fingerprint density at radius 2 is 2.24 bits per heavy atom. The number of benzene rings is 1. The van der Waals surface area contributed by atoms with Crippen molar-refractivity contribution in [2.24, 2.45) is 11.8 Å². The summed E-state index contributed by atoms with van der Waals surface area (Å²) in [5, 5.41) is 9.74. The summed E-state index contributed by atoms with van der Waals surface area (Å²) in [6, 6.07) is 8.06. The quantitative estimate of drug-likeness (QED) is 0.857. The van der Waals surface area contributed by atoms with Crippen molar-refractivity contribution in [1.82, 2.24) is 9.55 Å². The topological polar surface area (TPSA) is 55.1 Å². The van der Waals surface area contributed by atoms with Crippen LogP contribution in [-0.4, -0.2) is 26.4 Å². The molecule has 3 rings (SSSR count). The molecule has 0 bridgehead atoms. The Balaban J connectivity index is 1.92. The van der Waals surface area contributed by atoms with Crippen LogP contribution in [0.15, 0.2) is 29.4 Å². The molecule has 1 saturated carbocycles. The minimum atomic E-state index is -0.798. The van der Waals surface area contributed by atoms with Crippen LogP contribution >= 0.6 is 11.8 Å². The maximum absolute atomic E-state index is 10.8. The van der Waals surface area contributed by atoms with E-state index in [1.807, 2.05) is 18.2 Å². The Hall–Kier alpha value is -1.49. The monoisotopic (exact) mass is 304 g/mol. The molecule has 1 aliphatic rings. The smallest absolute Gasteiger partial charge is 0.313 e. The third-order valence-electron chi connectivity index (χ3n) is 4.40. The number of thioether (sulfide) groups is 1. The molecular formula is C16H20N2O2S. The van der Waals surface area contributed by atoms with E-state index in [4.69, 9.17) is 5.11 Å². The maximum atomic E-state index is 10.8. The van der Waals surface area contributed by atoms with Crippen molar-refractivity contribution in [2.75, 3.05) is 5.75 Å². The summed E-state index contributed by atoms with van der Waals surface area (Å²) >= 11 is 1.32. The molecule has 0 spiro atoms. The van der Waals surface area contributed by atoms with E-state index in [0.717, 1.165) is 28.7 Å². The number of aliphatic carboxylic acids is 1. The molecule has 1 aromatic carbocycles. The van der Waals surface area contributed by atoms with Crippen LogP contribution in [0.4, 0.5) is 0 Å². The lowest BCUT2D eigenvalue weighted by Crippen LogP contribution is -2.14. The van der Waals surface area contributed by atoms with Crippen molar-refractivity contribution in [1.29, 1.82) is 0 Å². The molecule has 1 heterocycles. The number of rotatable bonds is 5. The number of imidazole rings is 1. The van der Waals surface area contributed by atoms with Crippen molar-refractivity contribution in [3.8, 4) is 0 Å². The summed E-state index contributed by atoms with van der Waals surface area (Å²) in [6.07, 6.45) is 3.86. The normalized spacial score (nSPS) is 22.0. The van der Waals surface area contributed by atoms with Crippen LogP contribution in [0.5, 0.6) is 0 Å². The average Bonchev–Trinajstić information content (AvgIpc) is 3.02. The van der Waals surface area contributed by atoms with Crippen LogP contribution < -0.4 is 0 Å². The number of aromatic nitrogens is 2. The minimum Gasteiger partial charge on any atom is -0.481 e. The van der Waals surface area contributed by atoms with E-state index in [2.05, 4.69) is 22.5 Å². The summed E-state index contributed by atoms with van der Waals surface area (Å²) in [4.78, 5) is 15.5. The molecule has 1 fully saturated rings. The van der Waals surface area contributed by atoms with Gasteiger partial charge in [-0.15, -0.1) is 0 Å². The van der Waals surface area contributed by atoms with E-state index in [-0.39, 0.29) is 5.75 Å². The zero-order valence-corrected chi connectivity index (χ0v) is 13.0. The van der Waals surface area contributed by atoms with E-state index >= 15 is 0 Å². The first-order valence-corrected chi connectivity index (χ1v) is 8.43. The molecule has 0 amide bonds. The average molecular weight is 304 g/mol. The number of carboxylic acid groups (broad SMARTS) is 1. The molecule has 1 aromatic heterocycles. The number of hydrogen-bond donors (Lipinski definition) is 1. The third kappa shape index (κ3) is 3.07. The summed E-state index contributed by atoms with van der Waals surface area (Å²) in [5.41, 5.74) is 2.07. The molecule has 0 aliphatic heterocycles. The van der Waals surface area contributed by atoms with Gasteiger partial charge in [-0.05, 0) is 30.4 Å². The second-order valence-corrected chi connectivity index (χ2v) is 6.79. The summed E-state index contributed by atoms with van der Waals surface area (Å²) in [6.45, 7) is 3.27. The number of carbonyl (C=O) groups is 1. The first-order valence-electron chi connectivity index (χ1n) is 7.45. The van der Waals surface area contributed by atoms with Gasteiger partial charge >= 0.3 is 5.97 Å². The highest BCUT2D eigenvalue weighted by molar-refractivity contribution is 7.99. The predicted molar refractivity (Wildman–Crippen MR) is 84.6 cm³/mol. The van der Waals surface area contributed by atoms with Crippen LogP contribution in [0.3, 0.4) is 0 Å². The lowest BCUT2D eigenvalue weighted by atomic mass is 9.98. The zero-order chi connectivity index (χ0) is 14.8. The van der Waals surface area contributed by atoms with E-state index in [1.165, 1.54) is 31.0 Å². The van der Waals surface area contributed by atoms with Gasteiger partial charge in [0.05, 0.1) is 16.8 Å². The van der Waals surface area contributed by atoms with Gasteiger partial charge in [0.25, 0.3) is 0 Å². The van der Waals surface area contributed by atoms with Gasteiger partial charge in [-0.2, -0.15) is 0 Å². The zero-order valence-electron chi connectivity index (χ0n) is 12.2. The van der Waals surface area contributed by atoms with Crippen molar-refractivity contribution < 1.29 is 9.90 Å². The van der Waals surface area contributed by atoms with Crippen molar-refractivity contribution in [3.63, 3.8) is 0 Å². The summed E-state index contributed by atoms with van der Waals surface area (Å²) < 4.78 is 2.22. The van der Waals surface area contributed by atoms with E-state index in [1.54, 1.807) is 0 Å². The fourth-order valence-electron chi connectivity index (χ4n) is 3.19. The standard InChI is InChI=1S/C16H20N2O2S/c1-11-5-4-6-12(11)9-18-14-8-3-2-7-13(14)17-16(18)21-10-15(19)20/h2-3,7-8,11-12H,4-6,9-10H2,1H3,(H,19,20). The Morgan fingerprint density at radius 1 is 1.43 bits per heavy atom. The van der Waals surface area contributed by atoms with Crippen molar-refractivity contribution >= 4 is 28.8 Å². The second kappa shape index (κ2) is 6.10. The molecule has 1 aliphatic carbocycles. The first kappa shape index (κ1) is 14.4. The molecular weight excluding hydrogens is 284 g/mol. The second-order valence-electron chi connectivity index (χ2n) is 5.84. The molecule has 21 heavy (non-hydrogen) atoms. The van der Waals surface area contributed by atoms with Crippen LogP contribution in [0.1, 0.15) is 26.2 Å². The third-order valence-corrected chi connectivity index (χ3v) is 5.36. The predicted octanol–water partition coefficient (Wildman–Crippen LogP) is 3.65. The van der Waals surface area contributed by atoms with Gasteiger partial charge in [-0.3, -0.25) is 4.79 Å². The number of fused-ring (bicyclic) bond motifs is 1. The number of carboxylic acids is 1. The van der Waals surface area contributed by atoms with Crippen LogP contribution in [-0.2, 0) is 11.3 Å². The van der Waals surface area contributed by atoms with E-state index < -0.39 is 5.97 Å². The largest absolute Gasteiger partial charge is 0.481 e. The Morgan fingerprint density at radius 3 is 2.95 bits per heavy atom. The fourth-order valence-corrected chi connectivity index (χ4v) is 3.94. The number of hydrogen-bond acceptors (Lipinski definition) is 3. The Labute approximate surface area is 128 Å². The highest BCUT2D eigenvalue weighted by Gasteiger charge is 2.25. The lowest BCUT2D eigenvalue weighted by Gasteiger charge is -2.18. The molecule has 0 radical (unpaired) electrons. The number of nitrogens with zero attached hydrogens (tertiary/aromatic N) is 2. The molecule has 5 heteroatoms. The molecule has 2 atom stereocenters. The van der Waals surface area contributed by atoms with E-state index in [0.29, 0.717) is 5.92 Å². The van der Waals surface area contributed by atoms with Gasteiger partial charge in [-0.1, -0.05) is 43.7 Å². The van der Waals surface area contributed by atoms with Crippen molar-refractivity contribution in [2.45, 2.75) is 37.9 Å². The minimum absolute atomic E-state index is 0.0591. The van der Waals surface area contributed by atoms with Gasteiger partial charge in [0.2, 0.25) is 0 Å². The molecule has 2 aromatic rings. The summed E-state index contributed by atoms with van der Waals surface area (Å²) in [5.74, 6) is 0.673. The van der Waals surface area contributed by atoms with E-state index in [9.17, 15) is 4.79 Å². The molecule has 2 unspecified atom stereocenters. The molecule has 1 N–H and O–H groups in total. The molecule has 4 nitrogen and oxygen atoms in total. The van der Waals surface area contributed by atoms with Gasteiger partial charge < -0.3 is 9.67 Å². The Bertz CT molecular complexity index is 653. The van der Waals surface area contributed by atoms with Gasteiger partial charge in [0, 0.05) is 6.54 Å². The SMILES string of the molecule is CC1CCCC1Cn1c(SCC(=O)O)nc2ccccc21. The molecule has 0 saturated heterocycles. The maximum Gasteiger partial charge on any atom is 0.313 e. The highest BCUT2D eigenvalue weighted by atomic mass is 32.2. The highest BCUT2D eigenvalue weighted by Crippen LogP contribution is 2.34. The van der Waals surface area contributed by atoms with Crippen LogP contribution in [0, 0.1) is 11.8 Å². The van der Waals surface area contributed by atoms with Crippen molar-refractivity contribution in [3.05, 3.63) is 24.3 Å². The Kier molecular flexibility index (Phi) is 4.19. The summed E-state index contributed by atoms with van der Waals surface area (Å²) in [7, 11) is 0. The first-order chi connectivity index (χ1) is 10.1. The fraction of sp³-hybridized carbons (Fsp3) is 0.500. The number of para-hydroxylation sites is 2.